The summed E-state index contributed by atoms with van der Waals surface area (Å²) in [4.78, 5) is 0. The molecule has 0 aliphatic heterocycles. The van der Waals surface area contributed by atoms with E-state index in [1.807, 2.05) is 22.7 Å². The van der Waals surface area contributed by atoms with Gasteiger partial charge in [-0.1, -0.05) is 146 Å². The largest absolute Gasteiger partial charge is 0.134 e. The molecule has 0 atom stereocenters. The third-order valence-corrected chi connectivity index (χ3v) is 12.2. The quantitative estimate of drug-likeness (QED) is 0.179. The molecular weight excluding hydrogens is 617 g/mol. The summed E-state index contributed by atoms with van der Waals surface area (Å²) in [7, 11) is 0. The molecule has 2 aromatic heterocycles. The van der Waals surface area contributed by atoms with Crippen LogP contribution in [0, 0.1) is 0 Å². The highest BCUT2D eigenvalue weighted by Gasteiger charge is 2.14. The van der Waals surface area contributed by atoms with Crippen LogP contribution in [0.2, 0.25) is 0 Å². The Balaban J connectivity index is 0.938. The van der Waals surface area contributed by atoms with E-state index in [1.165, 1.54) is 95.6 Å². The van der Waals surface area contributed by atoms with Crippen molar-refractivity contribution in [3.05, 3.63) is 170 Å². The van der Waals surface area contributed by atoms with E-state index < -0.39 is 0 Å². The van der Waals surface area contributed by atoms with E-state index in [-0.39, 0.29) is 0 Å². The molecule has 0 radical (unpaired) electrons. The highest BCUT2D eigenvalue weighted by Crippen LogP contribution is 2.46. The van der Waals surface area contributed by atoms with Crippen LogP contribution >= 0.6 is 22.7 Å². The second-order valence-corrected chi connectivity index (χ2v) is 14.7. The third kappa shape index (κ3) is 4.65. The van der Waals surface area contributed by atoms with Crippen molar-refractivity contribution >= 4 is 73.8 Å². The van der Waals surface area contributed by atoms with Gasteiger partial charge in [0.05, 0.1) is 9.40 Å². The van der Waals surface area contributed by atoms with E-state index >= 15 is 0 Å². The molecule has 2 heterocycles. The molecule has 2 heteroatoms. The summed E-state index contributed by atoms with van der Waals surface area (Å²) in [5, 5.41) is 7.81. The molecule has 0 saturated heterocycles. The van der Waals surface area contributed by atoms with Crippen LogP contribution in [-0.2, 0) is 0 Å². The standard InChI is InChI=1S/C46H28S2/c1-3-7-35-25-37(19-17-29(35)5-1)31-9-13-33(14-10-31)39-21-23-41-43(27-39)47-46-42-24-22-40(28-44(42)48-45(41)46)34-15-11-32(12-16-34)38-20-18-30-6-2-4-8-36(30)26-38/h1-28H. The number of hydrogen-bond acceptors (Lipinski definition) is 2. The van der Waals surface area contributed by atoms with Crippen molar-refractivity contribution in [3.63, 3.8) is 0 Å². The molecule has 0 saturated carbocycles. The van der Waals surface area contributed by atoms with Crippen LogP contribution in [0.25, 0.3) is 95.6 Å². The first-order valence-electron chi connectivity index (χ1n) is 16.3. The number of rotatable bonds is 4. The number of thiophene rings is 2. The molecular formula is C46H28S2. The van der Waals surface area contributed by atoms with Gasteiger partial charge < -0.3 is 0 Å². The fraction of sp³-hybridized carbons (Fsp3) is 0. The van der Waals surface area contributed by atoms with Crippen molar-refractivity contribution in [1.82, 2.24) is 0 Å². The lowest BCUT2D eigenvalue weighted by atomic mass is 9.98. The summed E-state index contributed by atoms with van der Waals surface area (Å²) in [5.41, 5.74) is 10.0. The second kappa shape index (κ2) is 11.0. The van der Waals surface area contributed by atoms with Crippen molar-refractivity contribution in [3.8, 4) is 44.5 Å². The average Bonchev–Trinajstić information content (AvgIpc) is 3.70. The van der Waals surface area contributed by atoms with Crippen LogP contribution in [0.15, 0.2) is 170 Å². The molecule has 0 amide bonds. The van der Waals surface area contributed by atoms with E-state index in [0.717, 1.165) is 0 Å². The van der Waals surface area contributed by atoms with E-state index in [0.29, 0.717) is 0 Å². The van der Waals surface area contributed by atoms with Gasteiger partial charge in [0, 0.05) is 20.2 Å². The lowest BCUT2D eigenvalue weighted by Crippen LogP contribution is -1.81. The zero-order valence-corrected chi connectivity index (χ0v) is 27.6. The van der Waals surface area contributed by atoms with Crippen LogP contribution in [0.1, 0.15) is 0 Å². The topological polar surface area (TPSA) is 0 Å². The van der Waals surface area contributed by atoms with Gasteiger partial charge in [0.25, 0.3) is 0 Å². The summed E-state index contributed by atoms with van der Waals surface area (Å²) >= 11 is 3.84. The maximum absolute atomic E-state index is 2.37. The highest BCUT2D eigenvalue weighted by atomic mass is 32.1. The average molecular weight is 645 g/mol. The number of benzene rings is 8. The predicted octanol–water partition coefficient (Wildman–Crippen LogP) is 14.2. The Morgan fingerprint density at radius 1 is 0.250 bits per heavy atom. The molecule has 0 unspecified atom stereocenters. The van der Waals surface area contributed by atoms with Crippen molar-refractivity contribution in [2.24, 2.45) is 0 Å². The Morgan fingerprint density at radius 3 is 0.958 bits per heavy atom. The van der Waals surface area contributed by atoms with Gasteiger partial charge in [0.1, 0.15) is 0 Å². The Bertz CT molecular complexity index is 2620. The molecule has 10 aromatic rings. The minimum atomic E-state index is 1.24. The van der Waals surface area contributed by atoms with Crippen LogP contribution in [0.4, 0.5) is 0 Å². The molecule has 0 spiro atoms. The van der Waals surface area contributed by atoms with Crippen LogP contribution < -0.4 is 0 Å². The minimum absolute atomic E-state index is 1.24. The predicted molar refractivity (Wildman–Crippen MR) is 211 cm³/mol. The molecule has 0 aliphatic carbocycles. The Hall–Kier alpha value is -5.54. The molecule has 8 aromatic carbocycles. The van der Waals surface area contributed by atoms with Crippen molar-refractivity contribution in [2.45, 2.75) is 0 Å². The monoisotopic (exact) mass is 644 g/mol. The Kier molecular flexibility index (Phi) is 6.33. The van der Waals surface area contributed by atoms with Gasteiger partial charge in [-0.25, -0.2) is 0 Å². The van der Waals surface area contributed by atoms with E-state index in [4.69, 9.17) is 0 Å². The first-order valence-corrected chi connectivity index (χ1v) is 17.9. The van der Waals surface area contributed by atoms with Gasteiger partial charge in [0.2, 0.25) is 0 Å². The lowest BCUT2D eigenvalue weighted by molar-refractivity contribution is 1.62. The van der Waals surface area contributed by atoms with Crippen molar-refractivity contribution in [2.75, 3.05) is 0 Å². The molecule has 0 aliphatic rings. The number of hydrogen-bond donors (Lipinski definition) is 0. The maximum Gasteiger partial charge on any atom is 0.0542 e. The summed E-state index contributed by atoms with van der Waals surface area (Å²) in [6, 6.07) is 62.5. The third-order valence-electron chi connectivity index (χ3n) is 9.68. The van der Waals surface area contributed by atoms with Gasteiger partial charge in [-0.15, -0.1) is 22.7 Å². The Labute approximate surface area is 286 Å². The van der Waals surface area contributed by atoms with Gasteiger partial charge in [-0.2, -0.15) is 0 Å². The van der Waals surface area contributed by atoms with E-state index in [2.05, 4.69) is 170 Å². The summed E-state index contributed by atoms with van der Waals surface area (Å²) in [6.45, 7) is 0. The van der Waals surface area contributed by atoms with Crippen molar-refractivity contribution in [1.29, 1.82) is 0 Å². The first-order chi connectivity index (χ1) is 23.7. The lowest BCUT2D eigenvalue weighted by Gasteiger charge is -2.07. The van der Waals surface area contributed by atoms with E-state index in [1.54, 1.807) is 0 Å². The molecule has 0 fully saturated rings. The van der Waals surface area contributed by atoms with Gasteiger partial charge in [-0.05, 0) is 90.3 Å². The molecule has 224 valence electrons. The zero-order chi connectivity index (χ0) is 31.6. The van der Waals surface area contributed by atoms with E-state index in [9.17, 15) is 0 Å². The first kappa shape index (κ1) is 27.6. The van der Waals surface area contributed by atoms with Crippen molar-refractivity contribution < 1.29 is 0 Å². The van der Waals surface area contributed by atoms with Crippen LogP contribution in [0.3, 0.4) is 0 Å². The highest BCUT2D eigenvalue weighted by molar-refractivity contribution is 7.36. The summed E-state index contributed by atoms with van der Waals surface area (Å²) < 4.78 is 5.49. The van der Waals surface area contributed by atoms with Crippen LogP contribution in [-0.4, -0.2) is 0 Å². The van der Waals surface area contributed by atoms with Gasteiger partial charge >= 0.3 is 0 Å². The van der Waals surface area contributed by atoms with Gasteiger partial charge in [-0.3, -0.25) is 0 Å². The molecule has 0 bridgehead atoms. The molecule has 10 rings (SSSR count). The summed E-state index contributed by atoms with van der Waals surface area (Å²) in [6.07, 6.45) is 0. The second-order valence-electron chi connectivity index (χ2n) is 12.6. The molecule has 48 heavy (non-hydrogen) atoms. The number of fused-ring (bicyclic) bond motifs is 7. The molecule has 0 N–H and O–H groups in total. The fourth-order valence-electron chi connectivity index (χ4n) is 7.06. The maximum atomic E-state index is 2.37. The minimum Gasteiger partial charge on any atom is -0.134 e. The molecule has 0 nitrogen and oxygen atoms in total. The summed E-state index contributed by atoms with van der Waals surface area (Å²) in [5.74, 6) is 0. The smallest absolute Gasteiger partial charge is 0.0542 e. The zero-order valence-electron chi connectivity index (χ0n) is 26.0. The SMILES string of the molecule is c1ccc2cc(-c3ccc(-c4ccc5c(c4)sc4c6ccc(-c7ccc(-c8ccc9ccccc9c8)cc7)cc6sc54)cc3)ccc2c1. The van der Waals surface area contributed by atoms with Crippen LogP contribution in [0.5, 0.6) is 0 Å². The Morgan fingerprint density at radius 2 is 0.562 bits per heavy atom. The fourth-order valence-corrected chi connectivity index (χ4v) is 9.80. The normalized spacial score (nSPS) is 11.8. The van der Waals surface area contributed by atoms with Gasteiger partial charge in [0.15, 0.2) is 0 Å².